The van der Waals surface area contributed by atoms with E-state index in [1.54, 1.807) is 18.2 Å². The van der Waals surface area contributed by atoms with E-state index in [1.807, 2.05) is 44.2 Å². The minimum Gasteiger partial charge on any atom is -0.491 e. The highest BCUT2D eigenvalue weighted by Gasteiger charge is 2.25. The normalized spacial score (nSPS) is 15.4. The van der Waals surface area contributed by atoms with E-state index in [0.717, 1.165) is 37.0 Å². The van der Waals surface area contributed by atoms with Crippen LogP contribution in [-0.2, 0) is 0 Å². The van der Waals surface area contributed by atoms with E-state index < -0.39 is 6.10 Å². The molecule has 33 heavy (non-hydrogen) atoms. The lowest BCUT2D eigenvalue weighted by atomic mass is 9.84. The number of nitrogens with one attached hydrogen (secondary N) is 1. The highest BCUT2D eigenvalue weighted by Crippen LogP contribution is 2.38. The fourth-order valence-corrected chi connectivity index (χ4v) is 4.43. The molecule has 1 atom stereocenters. The molecule has 5 nitrogen and oxygen atoms in total. The molecule has 1 unspecified atom stereocenters. The second-order valence-corrected chi connectivity index (χ2v) is 9.06. The molecular weight excluding hydrogens is 438 g/mol. The topological polar surface area (TPSA) is 71.7 Å². The van der Waals surface area contributed by atoms with Gasteiger partial charge in [-0.3, -0.25) is 4.79 Å². The van der Waals surface area contributed by atoms with Gasteiger partial charge in [0.05, 0.1) is 10.9 Å². The molecule has 1 fully saturated rings. The summed E-state index contributed by atoms with van der Waals surface area (Å²) in [6.07, 6.45) is 5.02. The van der Waals surface area contributed by atoms with Crippen LogP contribution in [0.15, 0.2) is 57.7 Å². The molecule has 0 saturated heterocycles. The number of benzene rings is 2. The van der Waals surface area contributed by atoms with Crippen LogP contribution in [0.5, 0.6) is 5.75 Å². The number of halogens is 1. The molecular formula is C27H34ClNO4. The highest BCUT2D eigenvalue weighted by atomic mass is 35.5. The lowest BCUT2D eigenvalue weighted by Crippen LogP contribution is -2.35. The van der Waals surface area contributed by atoms with Crippen LogP contribution < -0.4 is 15.5 Å². The van der Waals surface area contributed by atoms with Gasteiger partial charge in [0, 0.05) is 24.6 Å². The fourth-order valence-electron chi connectivity index (χ4n) is 4.43. The number of fused-ring (bicyclic) bond motifs is 1. The van der Waals surface area contributed by atoms with Gasteiger partial charge in [0.15, 0.2) is 0 Å². The Bertz CT molecular complexity index is 1090. The van der Waals surface area contributed by atoms with E-state index in [0.29, 0.717) is 34.9 Å². The van der Waals surface area contributed by atoms with Crippen LogP contribution >= 0.6 is 12.4 Å². The summed E-state index contributed by atoms with van der Waals surface area (Å²) >= 11 is 0. The van der Waals surface area contributed by atoms with Crippen molar-refractivity contribution in [3.63, 3.8) is 0 Å². The third-order valence-corrected chi connectivity index (χ3v) is 6.13. The Labute approximate surface area is 201 Å². The van der Waals surface area contributed by atoms with Gasteiger partial charge < -0.3 is 19.6 Å². The summed E-state index contributed by atoms with van der Waals surface area (Å²) in [6.45, 7) is 4.71. The van der Waals surface area contributed by atoms with Crippen molar-refractivity contribution in [1.29, 1.82) is 0 Å². The Morgan fingerprint density at radius 3 is 2.52 bits per heavy atom. The SMILES string of the molecule is CC(C)NCC(O)COc1ccc2c(=O)c(-c3ccccc3)c(C3CCCCC3)oc2c1.Cl. The Balaban J connectivity index is 0.00000306. The summed E-state index contributed by atoms with van der Waals surface area (Å²) in [6, 6.07) is 15.5. The molecule has 1 saturated carbocycles. The zero-order valence-electron chi connectivity index (χ0n) is 19.4. The van der Waals surface area contributed by atoms with Crippen LogP contribution in [0.25, 0.3) is 22.1 Å². The summed E-state index contributed by atoms with van der Waals surface area (Å²) in [7, 11) is 0. The molecule has 2 aromatic carbocycles. The van der Waals surface area contributed by atoms with Gasteiger partial charge >= 0.3 is 0 Å². The Hall–Kier alpha value is -2.34. The molecule has 1 aromatic heterocycles. The van der Waals surface area contributed by atoms with Gasteiger partial charge in [-0.05, 0) is 30.5 Å². The predicted octanol–water partition coefficient (Wildman–Crippen LogP) is 5.67. The summed E-state index contributed by atoms with van der Waals surface area (Å²) in [5, 5.41) is 13.9. The first kappa shape index (κ1) is 25.3. The standard InChI is InChI=1S/C27H33NO4.ClH/c1-18(2)28-16-21(29)17-31-22-13-14-23-24(15-22)32-27(20-11-7-4-8-12-20)25(26(23)30)19-9-5-3-6-10-19;/h3,5-6,9-10,13-15,18,20-21,28-29H,4,7-8,11-12,16-17H2,1-2H3;1H. The van der Waals surface area contributed by atoms with Crippen LogP contribution in [0.4, 0.5) is 0 Å². The van der Waals surface area contributed by atoms with E-state index in [1.165, 1.54) is 6.42 Å². The Kier molecular flexibility index (Phi) is 8.95. The maximum absolute atomic E-state index is 13.6. The molecule has 6 heteroatoms. The molecule has 0 spiro atoms. The maximum atomic E-state index is 13.6. The smallest absolute Gasteiger partial charge is 0.200 e. The number of hydrogen-bond donors (Lipinski definition) is 2. The molecule has 178 valence electrons. The molecule has 4 rings (SSSR count). The van der Waals surface area contributed by atoms with E-state index in [-0.39, 0.29) is 30.4 Å². The first-order valence-corrected chi connectivity index (χ1v) is 11.7. The lowest BCUT2D eigenvalue weighted by Gasteiger charge is -2.23. The average Bonchev–Trinajstić information content (AvgIpc) is 2.82. The quantitative estimate of drug-likeness (QED) is 0.443. The predicted molar refractivity (Wildman–Crippen MR) is 136 cm³/mol. The minimum atomic E-state index is -0.613. The molecule has 3 aromatic rings. The van der Waals surface area contributed by atoms with E-state index in [4.69, 9.17) is 9.15 Å². The maximum Gasteiger partial charge on any atom is 0.200 e. The number of rotatable bonds is 8. The lowest BCUT2D eigenvalue weighted by molar-refractivity contribution is 0.104. The van der Waals surface area contributed by atoms with Crippen molar-refractivity contribution < 1.29 is 14.3 Å². The van der Waals surface area contributed by atoms with Gasteiger partial charge in [-0.15, -0.1) is 12.4 Å². The summed E-state index contributed by atoms with van der Waals surface area (Å²) < 4.78 is 12.2. The van der Waals surface area contributed by atoms with Crippen molar-refractivity contribution in [1.82, 2.24) is 5.32 Å². The zero-order valence-corrected chi connectivity index (χ0v) is 20.2. The highest BCUT2D eigenvalue weighted by molar-refractivity contribution is 5.85. The number of aliphatic hydroxyl groups excluding tert-OH is 1. The van der Waals surface area contributed by atoms with Crippen molar-refractivity contribution in [2.75, 3.05) is 13.2 Å². The fraction of sp³-hybridized carbons (Fsp3) is 0.444. The molecule has 0 aliphatic heterocycles. The summed E-state index contributed by atoms with van der Waals surface area (Å²) in [5.41, 5.74) is 2.15. The molecule has 0 amide bonds. The van der Waals surface area contributed by atoms with E-state index >= 15 is 0 Å². The van der Waals surface area contributed by atoms with Crippen LogP contribution in [-0.4, -0.2) is 30.4 Å². The Morgan fingerprint density at radius 2 is 1.82 bits per heavy atom. The molecule has 0 bridgehead atoms. The second kappa shape index (κ2) is 11.7. The number of ether oxygens (including phenoxy) is 1. The molecule has 1 heterocycles. The van der Waals surface area contributed by atoms with Gasteiger partial charge in [-0.1, -0.05) is 63.4 Å². The van der Waals surface area contributed by atoms with Crippen LogP contribution in [0.3, 0.4) is 0 Å². The summed E-state index contributed by atoms with van der Waals surface area (Å²) in [4.78, 5) is 13.6. The average molecular weight is 472 g/mol. The van der Waals surface area contributed by atoms with Gasteiger partial charge in [0.2, 0.25) is 5.43 Å². The van der Waals surface area contributed by atoms with Crippen molar-refractivity contribution in [3.05, 3.63) is 64.5 Å². The van der Waals surface area contributed by atoms with Crippen molar-refractivity contribution in [3.8, 4) is 16.9 Å². The number of aliphatic hydroxyl groups is 1. The van der Waals surface area contributed by atoms with Gasteiger partial charge in [0.25, 0.3) is 0 Å². The van der Waals surface area contributed by atoms with Gasteiger partial charge in [-0.25, -0.2) is 0 Å². The van der Waals surface area contributed by atoms with E-state index in [9.17, 15) is 9.90 Å². The van der Waals surface area contributed by atoms with Crippen molar-refractivity contribution in [2.45, 2.75) is 64.0 Å². The molecule has 2 N–H and O–H groups in total. The molecule has 1 aliphatic carbocycles. The van der Waals surface area contributed by atoms with Gasteiger partial charge in [-0.2, -0.15) is 0 Å². The van der Waals surface area contributed by atoms with Crippen LogP contribution in [0, 0.1) is 0 Å². The summed E-state index contributed by atoms with van der Waals surface area (Å²) in [5.74, 6) is 1.64. The van der Waals surface area contributed by atoms with Crippen molar-refractivity contribution in [2.24, 2.45) is 0 Å². The first-order chi connectivity index (χ1) is 15.5. The third kappa shape index (κ3) is 6.17. The van der Waals surface area contributed by atoms with Crippen LogP contribution in [0.2, 0.25) is 0 Å². The Morgan fingerprint density at radius 1 is 1.09 bits per heavy atom. The number of hydrogen-bond acceptors (Lipinski definition) is 5. The van der Waals surface area contributed by atoms with Gasteiger partial charge in [0.1, 0.15) is 29.8 Å². The van der Waals surface area contributed by atoms with Crippen LogP contribution in [0.1, 0.15) is 57.6 Å². The first-order valence-electron chi connectivity index (χ1n) is 11.7. The molecule has 0 radical (unpaired) electrons. The minimum absolute atomic E-state index is 0. The van der Waals surface area contributed by atoms with Crippen molar-refractivity contribution >= 4 is 23.4 Å². The third-order valence-electron chi connectivity index (χ3n) is 6.13. The zero-order chi connectivity index (χ0) is 22.5. The largest absolute Gasteiger partial charge is 0.491 e. The second-order valence-electron chi connectivity index (χ2n) is 9.06. The monoisotopic (exact) mass is 471 g/mol. The molecule has 1 aliphatic rings. The van der Waals surface area contributed by atoms with E-state index in [2.05, 4.69) is 5.32 Å².